The Morgan fingerprint density at radius 3 is 2.21 bits per heavy atom. The predicted octanol–water partition coefficient (Wildman–Crippen LogP) is 2.47. The largest absolute Gasteiger partial charge is 0.462 e. The maximum atomic E-state index is 14.7. The van der Waals surface area contributed by atoms with E-state index in [9.17, 15) is 23.2 Å². The first-order valence-electron chi connectivity index (χ1n) is 8.78. The van der Waals surface area contributed by atoms with E-state index in [-0.39, 0.29) is 32.1 Å². The lowest BCUT2D eigenvalue weighted by Crippen LogP contribution is -2.37. The zero-order valence-electron chi connectivity index (χ0n) is 16.4. The van der Waals surface area contributed by atoms with Crippen LogP contribution in [0.15, 0.2) is 0 Å². The molecule has 0 atom stereocenters. The van der Waals surface area contributed by atoms with Crippen LogP contribution in [0.25, 0.3) is 0 Å². The van der Waals surface area contributed by atoms with E-state index in [0.29, 0.717) is 0 Å². The van der Waals surface area contributed by atoms with Gasteiger partial charge in [-0.1, -0.05) is 0 Å². The van der Waals surface area contributed by atoms with Gasteiger partial charge in [0.25, 0.3) is 0 Å². The van der Waals surface area contributed by atoms with Crippen LogP contribution < -0.4 is 4.90 Å². The van der Waals surface area contributed by atoms with Crippen molar-refractivity contribution >= 4 is 23.8 Å². The third-order valence-electron chi connectivity index (χ3n) is 3.64. The lowest BCUT2D eigenvalue weighted by atomic mass is 10.1. The summed E-state index contributed by atoms with van der Waals surface area (Å²) in [6.07, 6.45) is -0.831. The van der Waals surface area contributed by atoms with Crippen LogP contribution in [0.3, 0.4) is 0 Å². The number of esters is 2. The number of fused-ring (bicyclic) bond motifs is 1. The van der Waals surface area contributed by atoms with Gasteiger partial charge in [-0.2, -0.15) is 13.9 Å². The minimum atomic E-state index is -4.20. The van der Waals surface area contributed by atoms with Crippen molar-refractivity contribution in [3.8, 4) is 0 Å². The highest BCUT2D eigenvalue weighted by molar-refractivity contribution is 6.02. The molecule has 0 saturated carbocycles. The Labute approximate surface area is 160 Å². The molecule has 2 heterocycles. The van der Waals surface area contributed by atoms with Crippen molar-refractivity contribution in [1.82, 2.24) is 9.78 Å². The first-order chi connectivity index (χ1) is 12.9. The van der Waals surface area contributed by atoms with Crippen LogP contribution in [0.2, 0.25) is 0 Å². The standard InChI is InChI=1S/C17H23F2N3O6/c1-6-26-13(23)10-11(17(18,19)14(24)27-7-2)20-22-9-8-21(12(10)22)15(25)28-16(3,4)5/h6-9H2,1-5H3. The molecular weight excluding hydrogens is 380 g/mol. The smallest absolute Gasteiger partial charge is 0.416 e. The van der Waals surface area contributed by atoms with E-state index in [4.69, 9.17) is 9.47 Å². The van der Waals surface area contributed by atoms with Crippen LogP contribution in [0.4, 0.5) is 19.4 Å². The summed E-state index contributed by atoms with van der Waals surface area (Å²) in [4.78, 5) is 37.7. The number of halogens is 2. The van der Waals surface area contributed by atoms with Gasteiger partial charge >= 0.3 is 24.0 Å². The van der Waals surface area contributed by atoms with Crippen LogP contribution in [-0.4, -0.2) is 53.2 Å². The SMILES string of the molecule is CCOC(=O)c1c(C(F)(F)C(=O)OCC)nn2c1N(C(=O)OC(C)(C)C)CC2. The molecule has 0 aromatic carbocycles. The summed E-state index contributed by atoms with van der Waals surface area (Å²) in [6, 6.07) is 0. The molecule has 1 aliphatic rings. The van der Waals surface area contributed by atoms with E-state index >= 15 is 0 Å². The molecule has 0 saturated heterocycles. The number of hydrogen-bond acceptors (Lipinski definition) is 7. The van der Waals surface area contributed by atoms with Crippen LogP contribution in [0.5, 0.6) is 0 Å². The molecule has 0 fully saturated rings. The van der Waals surface area contributed by atoms with Gasteiger partial charge in [0.1, 0.15) is 11.2 Å². The molecule has 1 amide bonds. The summed E-state index contributed by atoms with van der Waals surface area (Å²) >= 11 is 0. The Balaban J connectivity index is 2.57. The van der Waals surface area contributed by atoms with Gasteiger partial charge in [-0.15, -0.1) is 0 Å². The van der Waals surface area contributed by atoms with Crippen molar-refractivity contribution in [2.45, 2.75) is 52.7 Å². The summed E-state index contributed by atoms with van der Waals surface area (Å²) in [6.45, 7) is 7.53. The number of aromatic nitrogens is 2. The molecule has 0 N–H and O–H groups in total. The van der Waals surface area contributed by atoms with Gasteiger partial charge < -0.3 is 14.2 Å². The van der Waals surface area contributed by atoms with Gasteiger partial charge in [-0.3, -0.25) is 4.90 Å². The number of carbonyl (C=O) groups is 3. The average Bonchev–Trinajstić information content (AvgIpc) is 3.12. The molecule has 1 aliphatic heterocycles. The maximum Gasteiger partial charge on any atom is 0.416 e. The minimum Gasteiger partial charge on any atom is -0.462 e. The number of anilines is 1. The Kier molecular flexibility index (Phi) is 5.95. The summed E-state index contributed by atoms with van der Waals surface area (Å²) in [5.41, 5.74) is -2.62. The van der Waals surface area contributed by atoms with Gasteiger partial charge in [-0.05, 0) is 34.6 Å². The van der Waals surface area contributed by atoms with Gasteiger partial charge in [0.15, 0.2) is 11.5 Å². The highest BCUT2D eigenvalue weighted by atomic mass is 19.3. The molecule has 2 rings (SSSR count). The van der Waals surface area contributed by atoms with E-state index in [1.54, 1.807) is 20.8 Å². The normalized spacial score (nSPS) is 13.9. The van der Waals surface area contributed by atoms with Gasteiger partial charge in [0, 0.05) is 0 Å². The quantitative estimate of drug-likeness (QED) is 0.550. The van der Waals surface area contributed by atoms with Crippen molar-refractivity contribution < 1.29 is 37.4 Å². The van der Waals surface area contributed by atoms with Gasteiger partial charge in [-0.25, -0.2) is 19.1 Å². The third-order valence-corrected chi connectivity index (χ3v) is 3.64. The lowest BCUT2D eigenvalue weighted by molar-refractivity contribution is -0.173. The van der Waals surface area contributed by atoms with Crippen molar-refractivity contribution in [3.63, 3.8) is 0 Å². The zero-order valence-corrected chi connectivity index (χ0v) is 16.4. The highest BCUT2D eigenvalue weighted by Crippen LogP contribution is 2.39. The monoisotopic (exact) mass is 403 g/mol. The average molecular weight is 403 g/mol. The number of amides is 1. The second-order valence-corrected chi connectivity index (χ2v) is 6.92. The molecule has 156 valence electrons. The fourth-order valence-electron chi connectivity index (χ4n) is 2.61. The summed E-state index contributed by atoms with van der Waals surface area (Å²) in [7, 11) is 0. The molecule has 0 radical (unpaired) electrons. The van der Waals surface area contributed by atoms with E-state index < -0.39 is 40.8 Å². The summed E-state index contributed by atoms with van der Waals surface area (Å²) in [5.74, 6) is -7.37. The first kappa shape index (κ1) is 21.6. The number of ether oxygens (including phenoxy) is 3. The van der Waals surface area contributed by atoms with Crippen molar-refractivity contribution in [2.24, 2.45) is 0 Å². The number of hydrogen-bond donors (Lipinski definition) is 0. The molecule has 1 aromatic rings. The molecule has 0 bridgehead atoms. The highest BCUT2D eigenvalue weighted by Gasteiger charge is 2.51. The summed E-state index contributed by atoms with van der Waals surface area (Å²) < 4.78 is 44.9. The Bertz CT molecular complexity index is 785. The second-order valence-electron chi connectivity index (χ2n) is 6.92. The Hall–Kier alpha value is -2.72. The lowest BCUT2D eigenvalue weighted by Gasteiger charge is -2.24. The number of alkyl halides is 2. The van der Waals surface area contributed by atoms with E-state index in [0.717, 1.165) is 9.58 Å². The van der Waals surface area contributed by atoms with Crippen LogP contribution in [-0.2, 0) is 31.5 Å². The second kappa shape index (κ2) is 7.72. The molecule has 0 spiro atoms. The van der Waals surface area contributed by atoms with Gasteiger partial charge in [0.05, 0.1) is 26.3 Å². The first-order valence-corrected chi connectivity index (χ1v) is 8.78. The van der Waals surface area contributed by atoms with Crippen LogP contribution in [0.1, 0.15) is 50.7 Å². The molecule has 1 aromatic heterocycles. The van der Waals surface area contributed by atoms with E-state index in [2.05, 4.69) is 9.84 Å². The minimum absolute atomic E-state index is 0.0416. The molecular formula is C17H23F2N3O6. The van der Waals surface area contributed by atoms with Crippen molar-refractivity contribution in [2.75, 3.05) is 24.7 Å². The van der Waals surface area contributed by atoms with Gasteiger partial charge in [0.2, 0.25) is 0 Å². The fraction of sp³-hybridized carbons (Fsp3) is 0.647. The van der Waals surface area contributed by atoms with E-state index in [1.807, 2.05) is 0 Å². The zero-order chi connectivity index (χ0) is 21.3. The predicted molar refractivity (Wildman–Crippen MR) is 92.3 cm³/mol. The number of rotatable bonds is 5. The van der Waals surface area contributed by atoms with Crippen molar-refractivity contribution in [3.05, 3.63) is 11.3 Å². The van der Waals surface area contributed by atoms with Crippen LogP contribution >= 0.6 is 0 Å². The Morgan fingerprint density at radius 2 is 1.68 bits per heavy atom. The molecule has 0 aliphatic carbocycles. The molecule has 11 heteroatoms. The van der Waals surface area contributed by atoms with Crippen molar-refractivity contribution in [1.29, 1.82) is 0 Å². The topological polar surface area (TPSA) is 100.0 Å². The number of nitrogens with zero attached hydrogens (tertiary/aromatic N) is 3. The molecule has 28 heavy (non-hydrogen) atoms. The molecule has 9 nitrogen and oxygen atoms in total. The van der Waals surface area contributed by atoms with E-state index in [1.165, 1.54) is 13.8 Å². The number of carbonyl (C=O) groups excluding carboxylic acids is 3. The summed E-state index contributed by atoms with van der Waals surface area (Å²) in [5, 5.41) is 3.71. The van der Waals surface area contributed by atoms with Crippen LogP contribution in [0, 0.1) is 0 Å². The fourth-order valence-corrected chi connectivity index (χ4v) is 2.61. The third kappa shape index (κ3) is 4.07. The molecule has 0 unspecified atom stereocenters. The maximum absolute atomic E-state index is 14.7. The Morgan fingerprint density at radius 1 is 1.07 bits per heavy atom.